The molecule has 15 heavy (non-hydrogen) atoms. The molecule has 80 valence electrons. The lowest BCUT2D eigenvalue weighted by atomic mass is 10.2. The molecule has 1 N–H and O–H groups in total. The summed E-state index contributed by atoms with van der Waals surface area (Å²) in [7, 11) is 0. The first-order valence-electron chi connectivity index (χ1n) is 4.78. The van der Waals surface area contributed by atoms with E-state index in [1.165, 1.54) is 4.90 Å². The first-order valence-corrected chi connectivity index (χ1v) is 4.78. The summed E-state index contributed by atoms with van der Waals surface area (Å²) < 4.78 is 5.21. The maximum absolute atomic E-state index is 11.5. The molecule has 1 aliphatic rings. The lowest BCUT2D eigenvalue weighted by Crippen LogP contribution is -2.52. The highest BCUT2D eigenvalue weighted by Crippen LogP contribution is 2.21. The average molecular weight is 208 g/mol. The van der Waals surface area contributed by atoms with E-state index in [4.69, 9.17) is 4.42 Å². The van der Waals surface area contributed by atoms with Gasteiger partial charge in [0.25, 0.3) is 0 Å². The number of nitrogens with zero attached hydrogens (tertiary/aromatic N) is 1. The number of carbonyl (C=O) groups is 2. The molecule has 1 fully saturated rings. The third kappa shape index (κ3) is 1.86. The number of piperazine rings is 1. The van der Waals surface area contributed by atoms with Crippen LogP contribution in [0.2, 0.25) is 0 Å². The highest BCUT2D eigenvalue weighted by Gasteiger charge is 2.29. The van der Waals surface area contributed by atoms with Gasteiger partial charge in [0.1, 0.15) is 12.3 Å². The van der Waals surface area contributed by atoms with Gasteiger partial charge in [-0.25, -0.2) is 0 Å². The van der Waals surface area contributed by atoms with E-state index in [2.05, 4.69) is 5.32 Å². The lowest BCUT2D eigenvalue weighted by Gasteiger charge is -2.30. The van der Waals surface area contributed by atoms with E-state index in [-0.39, 0.29) is 30.9 Å². The van der Waals surface area contributed by atoms with E-state index in [1.54, 1.807) is 18.4 Å². The van der Waals surface area contributed by atoms with Crippen LogP contribution >= 0.6 is 0 Å². The van der Waals surface area contributed by atoms with E-state index in [0.717, 1.165) is 0 Å². The number of hydrogen-bond acceptors (Lipinski definition) is 3. The Kier molecular flexibility index (Phi) is 2.45. The summed E-state index contributed by atoms with van der Waals surface area (Å²) in [4.78, 5) is 24.2. The van der Waals surface area contributed by atoms with E-state index >= 15 is 0 Å². The van der Waals surface area contributed by atoms with Gasteiger partial charge < -0.3 is 14.6 Å². The fraction of sp³-hybridized carbons (Fsp3) is 0.400. The van der Waals surface area contributed by atoms with Crippen LogP contribution in [0.1, 0.15) is 18.7 Å². The molecule has 5 heteroatoms. The standard InChI is InChI=1S/C10H12N2O3/c1-7(8-3-2-4-15-8)12-6-9(13)11-5-10(12)14/h2-4,7H,5-6H2,1H3,(H,11,13). The monoisotopic (exact) mass is 208 g/mol. The molecule has 1 unspecified atom stereocenters. The molecule has 5 nitrogen and oxygen atoms in total. The number of furan rings is 1. The first kappa shape index (κ1) is 9.76. The number of rotatable bonds is 2. The topological polar surface area (TPSA) is 62.6 Å². The molecule has 0 aliphatic carbocycles. The van der Waals surface area contributed by atoms with Gasteiger partial charge in [-0.1, -0.05) is 0 Å². The first-order chi connectivity index (χ1) is 7.18. The van der Waals surface area contributed by atoms with Crippen molar-refractivity contribution in [2.24, 2.45) is 0 Å². The lowest BCUT2D eigenvalue weighted by molar-refractivity contribution is -0.143. The summed E-state index contributed by atoms with van der Waals surface area (Å²) in [6.45, 7) is 2.01. The smallest absolute Gasteiger partial charge is 0.243 e. The fourth-order valence-electron chi connectivity index (χ4n) is 1.61. The van der Waals surface area contributed by atoms with Crippen molar-refractivity contribution in [3.8, 4) is 0 Å². The van der Waals surface area contributed by atoms with Crippen molar-refractivity contribution in [2.45, 2.75) is 13.0 Å². The summed E-state index contributed by atoms with van der Waals surface area (Å²) in [5.41, 5.74) is 0. The molecule has 1 atom stereocenters. The Morgan fingerprint density at radius 2 is 2.33 bits per heavy atom. The summed E-state index contributed by atoms with van der Waals surface area (Å²) in [6, 6.07) is 3.36. The predicted octanol–water partition coefficient (Wildman–Crippen LogP) is 0.299. The van der Waals surface area contributed by atoms with Crippen molar-refractivity contribution >= 4 is 11.8 Å². The van der Waals surface area contributed by atoms with Crippen LogP contribution in [0.4, 0.5) is 0 Å². The van der Waals surface area contributed by atoms with Crippen LogP contribution in [0.3, 0.4) is 0 Å². The molecule has 0 aromatic carbocycles. The maximum atomic E-state index is 11.5. The summed E-state index contributed by atoms with van der Waals surface area (Å²) in [5.74, 6) is 0.476. The second-order valence-corrected chi connectivity index (χ2v) is 3.49. The van der Waals surface area contributed by atoms with Crippen LogP contribution in [0, 0.1) is 0 Å². The van der Waals surface area contributed by atoms with Crippen LogP contribution in [-0.4, -0.2) is 29.8 Å². The molecule has 2 amide bonds. The van der Waals surface area contributed by atoms with Gasteiger partial charge in [0, 0.05) is 0 Å². The molecule has 1 aromatic heterocycles. The van der Waals surface area contributed by atoms with Crippen LogP contribution < -0.4 is 5.32 Å². The van der Waals surface area contributed by atoms with Crippen molar-refractivity contribution in [1.29, 1.82) is 0 Å². The minimum Gasteiger partial charge on any atom is -0.467 e. The predicted molar refractivity (Wildman–Crippen MR) is 51.8 cm³/mol. The van der Waals surface area contributed by atoms with E-state index in [9.17, 15) is 9.59 Å². The average Bonchev–Trinajstić information content (AvgIpc) is 2.74. The largest absolute Gasteiger partial charge is 0.467 e. The Hall–Kier alpha value is -1.78. The third-order valence-electron chi connectivity index (χ3n) is 2.49. The van der Waals surface area contributed by atoms with Crippen LogP contribution in [0.15, 0.2) is 22.8 Å². The molecule has 0 saturated carbocycles. The Morgan fingerprint density at radius 1 is 1.53 bits per heavy atom. The zero-order valence-electron chi connectivity index (χ0n) is 8.40. The normalized spacial score (nSPS) is 18.9. The van der Waals surface area contributed by atoms with Crippen molar-refractivity contribution in [3.63, 3.8) is 0 Å². The Labute approximate surface area is 87.0 Å². The maximum Gasteiger partial charge on any atom is 0.243 e. The van der Waals surface area contributed by atoms with E-state index in [1.807, 2.05) is 6.92 Å². The minimum absolute atomic E-state index is 0.0733. The number of carbonyl (C=O) groups excluding carboxylic acids is 2. The summed E-state index contributed by atoms with van der Waals surface area (Å²) in [5, 5.41) is 2.50. The number of nitrogens with one attached hydrogen (secondary N) is 1. The van der Waals surface area contributed by atoms with Gasteiger partial charge in [0.2, 0.25) is 11.8 Å². The molecule has 0 radical (unpaired) electrons. The molecule has 0 spiro atoms. The molecule has 2 rings (SSSR count). The molecule has 0 bridgehead atoms. The van der Waals surface area contributed by atoms with E-state index in [0.29, 0.717) is 5.76 Å². The van der Waals surface area contributed by atoms with Crippen molar-refractivity contribution in [1.82, 2.24) is 10.2 Å². The van der Waals surface area contributed by atoms with Gasteiger partial charge in [-0.3, -0.25) is 9.59 Å². The van der Waals surface area contributed by atoms with Crippen LogP contribution in [0.5, 0.6) is 0 Å². The molecule has 1 aromatic rings. The third-order valence-corrected chi connectivity index (χ3v) is 2.49. The quantitative estimate of drug-likeness (QED) is 0.760. The van der Waals surface area contributed by atoms with Gasteiger partial charge in [0.05, 0.1) is 18.8 Å². The minimum atomic E-state index is -0.196. The SMILES string of the molecule is CC(c1ccco1)N1CC(=O)NCC1=O. The highest BCUT2D eigenvalue weighted by molar-refractivity contribution is 5.92. The second kappa shape index (κ2) is 3.76. The van der Waals surface area contributed by atoms with Gasteiger partial charge in [-0.05, 0) is 19.1 Å². The molecule has 1 saturated heterocycles. The van der Waals surface area contributed by atoms with Crippen molar-refractivity contribution in [3.05, 3.63) is 24.2 Å². The highest BCUT2D eigenvalue weighted by atomic mass is 16.3. The Balaban J connectivity index is 2.15. The Morgan fingerprint density at radius 3 is 3.00 bits per heavy atom. The molecular formula is C10H12N2O3. The van der Waals surface area contributed by atoms with Crippen LogP contribution in [0.25, 0.3) is 0 Å². The van der Waals surface area contributed by atoms with E-state index < -0.39 is 0 Å². The van der Waals surface area contributed by atoms with Crippen molar-refractivity contribution < 1.29 is 14.0 Å². The number of hydrogen-bond donors (Lipinski definition) is 1. The second-order valence-electron chi connectivity index (χ2n) is 3.49. The zero-order chi connectivity index (χ0) is 10.8. The van der Waals surface area contributed by atoms with Gasteiger partial charge >= 0.3 is 0 Å². The summed E-state index contributed by atoms with van der Waals surface area (Å²) in [6.07, 6.45) is 1.56. The molecule has 1 aliphatic heterocycles. The van der Waals surface area contributed by atoms with Gasteiger partial charge in [-0.15, -0.1) is 0 Å². The molecule has 2 heterocycles. The molecular weight excluding hydrogens is 196 g/mol. The Bertz CT molecular complexity index is 372. The fourth-order valence-corrected chi connectivity index (χ4v) is 1.61. The van der Waals surface area contributed by atoms with Crippen LogP contribution in [-0.2, 0) is 9.59 Å². The zero-order valence-corrected chi connectivity index (χ0v) is 8.40. The van der Waals surface area contributed by atoms with Crippen molar-refractivity contribution in [2.75, 3.05) is 13.1 Å². The number of amides is 2. The summed E-state index contributed by atoms with van der Waals surface area (Å²) >= 11 is 0. The van der Waals surface area contributed by atoms with Gasteiger partial charge in [0.15, 0.2) is 0 Å². The van der Waals surface area contributed by atoms with Gasteiger partial charge in [-0.2, -0.15) is 0 Å².